The zero-order chi connectivity index (χ0) is 14.6. The molecule has 1 saturated heterocycles. The number of nitrogens with one attached hydrogen (secondary N) is 1. The zero-order valence-corrected chi connectivity index (χ0v) is 14.1. The molecule has 112 valence electrons. The van der Waals surface area contributed by atoms with Gasteiger partial charge in [0.1, 0.15) is 0 Å². The van der Waals surface area contributed by atoms with Crippen LogP contribution < -0.4 is 10.2 Å². The molecule has 1 aliphatic heterocycles. The molecule has 1 unspecified atom stereocenters. The van der Waals surface area contributed by atoms with Crippen LogP contribution in [0.25, 0.3) is 0 Å². The number of hydrogen-bond acceptors (Lipinski definition) is 3. The summed E-state index contributed by atoms with van der Waals surface area (Å²) >= 11 is 2.07. The number of anilines is 2. The van der Waals surface area contributed by atoms with Crippen LogP contribution >= 0.6 is 11.8 Å². The van der Waals surface area contributed by atoms with Crippen LogP contribution in [0.5, 0.6) is 0 Å². The average Bonchev–Trinajstić information content (AvgIpc) is 2.44. The average molecular weight is 292 g/mol. The molecule has 0 saturated carbocycles. The van der Waals surface area contributed by atoms with Gasteiger partial charge in [-0.2, -0.15) is 11.8 Å². The van der Waals surface area contributed by atoms with E-state index in [0.717, 1.165) is 13.1 Å². The van der Waals surface area contributed by atoms with E-state index in [1.807, 2.05) is 0 Å². The van der Waals surface area contributed by atoms with Gasteiger partial charge >= 0.3 is 0 Å². The molecule has 2 rings (SSSR count). The van der Waals surface area contributed by atoms with Gasteiger partial charge in [-0.1, -0.05) is 13.8 Å². The van der Waals surface area contributed by atoms with Crippen LogP contribution in [0.1, 0.15) is 34.1 Å². The predicted molar refractivity (Wildman–Crippen MR) is 93.1 cm³/mol. The van der Waals surface area contributed by atoms with E-state index in [1.54, 1.807) is 0 Å². The summed E-state index contributed by atoms with van der Waals surface area (Å²) in [5, 5.41) is 3.73. The molecule has 1 N–H and O–H groups in total. The molecule has 0 aliphatic carbocycles. The fourth-order valence-corrected chi connectivity index (χ4v) is 4.34. The Bertz CT molecular complexity index is 410. The molecule has 0 spiro atoms. The Hall–Kier alpha value is -0.830. The van der Waals surface area contributed by atoms with Crippen molar-refractivity contribution in [3.05, 3.63) is 24.3 Å². The fourth-order valence-electron chi connectivity index (χ4n) is 2.73. The smallest absolute Gasteiger partial charge is 0.0403 e. The highest BCUT2D eigenvalue weighted by Crippen LogP contribution is 2.36. The van der Waals surface area contributed by atoms with Gasteiger partial charge in [0.05, 0.1) is 0 Å². The number of rotatable bonds is 5. The summed E-state index contributed by atoms with van der Waals surface area (Å²) in [4.78, 5) is 2.38. The van der Waals surface area contributed by atoms with Crippen LogP contribution in [0, 0.1) is 5.41 Å². The van der Waals surface area contributed by atoms with Crippen molar-refractivity contribution in [3.8, 4) is 0 Å². The van der Waals surface area contributed by atoms with E-state index >= 15 is 0 Å². The van der Waals surface area contributed by atoms with Crippen molar-refractivity contribution in [2.75, 3.05) is 34.8 Å². The zero-order valence-electron chi connectivity index (χ0n) is 13.3. The second-order valence-corrected chi connectivity index (χ2v) is 7.38. The summed E-state index contributed by atoms with van der Waals surface area (Å²) in [5.41, 5.74) is 2.96. The maximum atomic E-state index is 3.73. The van der Waals surface area contributed by atoms with Crippen molar-refractivity contribution in [3.63, 3.8) is 0 Å². The maximum Gasteiger partial charge on any atom is 0.0403 e. The topological polar surface area (TPSA) is 15.3 Å². The molecule has 1 heterocycles. The Kier molecular flexibility index (Phi) is 5.25. The van der Waals surface area contributed by atoms with Gasteiger partial charge in [-0.25, -0.2) is 0 Å². The highest BCUT2D eigenvalue weighted by molar-refractivity contribution is 7.99. The molecule has 2 nitrogen and oxygen atoms in total. The minimum atomic E-state index is 0.392. The number of nitrogens with zero attached hydrogens (tertiary/aromatic N) is 1. The Balaban J connectivity index is 2.03. The number of benzene rings is 1. The van der Waals surface area contributed by atoms with Crippen molar-refractivity contribution in [2.24, 2.45) is 5.41 Å². The molecule has 0 radical (unpaired) electrons. The first-order chi connectivity index (χ1) is 9.56. The molecule has 20 heavy (non-hydrogen) atoms. The summed E-state index contributed by atoms with van der Waals surface area (Å²) in [6, 6.07) is 9.49. The molecule has 0 amide bonds. The van der Waals surface area contributed by atoms with Gasteiger partial charge in [0, 0.05) is 36.3 Å². The monoisotopic (exact) mass is 292 g/mol. The molecule has 1 fully saturated rings. The third-order valence-corrected chi connectivity index (χ3v) is 5.52. The number of thioether (sulfide) groups is 1. The van der Waals surface area contributed by atoms with Gasteiger partial charge in [-0.05, 0) is 55.7 Å². The lowest BCUT2D eigenvalue weighted by Gasteiger charge is -2.39. The van der Waals surface area contributed by atoms with Crippen LogP contribution in [0.3, 0.4) is 0 Å². The van der Waals surface area contributed by atoms with E-state index in [2.05, 4.69) is 73.9 Å². The standard InChI is InChI=1S/C17H28N2S/c1-5-19(6-2)15-9-7-14(8-10-15)18-16-13-20-12-11-17(16,3)4/h7-10,16,18H,5-6,11-13H2,1-4H3. The first-order valence-corrected chi connectivity index (χ1v) is 8.91. The third-order valence-electron chi connectivity index (χ3n) is 4.46. The van der Waals surface area contributed by atoms with Crippen molar-refractivity contribution in [1.29, 1.82) is 0 Å². The maximum absolute atomic E-state index is 3.73. The molecular weight excluding hydrogens is 264 g/mol. The summed E-state index contributed by atoms with van der Waals surface area (Å²) in [5.74, 6) is 2.51. The minimum absolute atomic E-state index is 0.392. The van der Waals surface area contributed by atoms with E-state index in [4.69, 9.17) is 0 Å². The van der Waals surface area contributed by atoms with Gasteiger partial charge < -0.3 is 10.2 Å². The largest absolute Gasteiger partial charge is 0.381 e. The third kappa shape index (κ3) is 3.63. The normalized spacial score (nSPS) is 21.5. The van der Waals surface area contributed by atoms with Crippen LogP contribution in [0.2, 0.25) is 0 Å². The van der Waals surface area contributed by atoms with E-state index in [1.165, 1.54) is 29.3 Å². The SMILES string of the molecule is CCN(CC)c1ccc(NC2CSCCC2(C)C)cc1. The molecule has 1 aromatic rings. The van der Waals surface area contributed by atoms with Crippen molar-refractivity contribution >= 4 is 23.1 Å². The first-order valence-electron chi connectivity index (χ1n) is 7.76. The molecular formula is C17H28N2S. The molecule has 1 atom stereocenters. The first kappa shape index (κ1) is 15.6. The molecule has 1 aliphatic rings. The van der Waals surface area contributed by atoms with E-state index in [0.29, 0.717) is 11.5 Å². The summed E-state index contributed by atoms with van der Waals surface area (Å²) in [7, 11) is 0. The van der Waals surface area contributed by atoms with E-state index < -0.39 is 0 Å². The Morgan fingerprint density at radius 1 is 1.20 bits per heavy atom. The van der Waals surface area contributed by atoms with Gasteiger partial charge in [0.15, 0.2) is 0 Å². The Morgan fingerprint density at radius 2 is 1.85 bits per heavy atom. The second-order valence-electron chi connectivity index (χ2n) is 6.23. The lowest BCUT2D eigenvalue weighted by Crippen LogP contribution is -2.41. The molecule has 1 aromatic carbocycles. The highest BCUT2D eigenvalue weighted by Gasteiger charge is 2.32. The lowest BCUT2D eigenvalue weighted by molar-refractivity contribution is 0.305. The van der Waals surface area contributed by atoms with Gasteiger partial charge in [0.2, 0.25) is 0 Å². The fraction of sp³-hybridized carbons (Fsp3) is 0.647. The van der Waals surface area contributed by atoms with Crippen LogP contribution in [-0.2, 0) is 0 Å². The Morgan fingerprint density at radius 3 is 2.40 bits per heavy atom. The van der Waals surface area contributed by atoms with E-state index in [9.17, 15) is 0 Å². The quantitative estimate of drug-likeness (QED) is 0.861. The van der Waals surface area contributed by atoms with Crippen molar-refractivity contribution < 1.29 is 0 Å². The second kappa shape index (κ2) is 6.75. The minimum Gasteiger partial charge on any atom is -0.381 e. The van der Waals surface area contributed by atoms with Crippen LogP contribution in [0.15, 0.2) is 24.3 Å². The molecule has 3 heteroatoms. The summed E-state index contributed by atoms with van der Waals surface area (Å²) < 4.78 is 0. The lowest BCUT2D eigenvalue weighted by atomic mass is 9.82. The molecule has 0 aromatic heterocycles. The summed E-state index contributed by atoms with van der Waals surface area (Å²) in [6.07, 6.45) is 1.30. The van der Waals surface area contributed by atoms with E-state index in [-0.39, 0.29) is 0 Å². The highest BCUT2D eigenvalue weighted by atomic mass is 32.2. The van der Waals surface area contributed by atoms with Gasteiger partial charge in [0.25, 0.3) is 0 Å². The predicted octanol–water partition coefficient (Wildman–Crippen LogP) is 4.48. The van der Waals surface area contributed by atoms with Crippen molar-refractivity contribution in [1.82, 2.24) is 0 Å². The number of hydrogen-bond donors (Lipinski definition) is 1. The van der Waals surface area contributed by atoms with Crippen LogP contribution in [-0.4, -0.2) is 30.6 Å². The Labute approximate surface area is 128 Å². The van der Waals surface area contributed by atoms with Gasteiger partial charge in [-0.3, -0.25) is 0 Å². The van der Waals surface area contributed by atoms with Gasteiger partial charge in [-0.15, -0.1) is 0 Å². The van der Waals surface area contributed by atoms with Crippen molar-refractivity contribution in [2.45, 2.75) is 40.2 Å². The van der Waals surface area contributed by atoms with Crippen LogP contribution in [0.4, 0.5) is 11.4 Å². The molecule has 0 bridgehead atoms. The summed E-state index contributed by atoms with van der Waals surface area (Å²) in [6.45, 7) is 11.3.